The van der Waals surface area contributed by atoms with Crippen molar-refractivity contribution in [1.82, 2.24) is 5.32 Å². The fourth-order valence-corrected chi connectivity index (χ4v) is 6.56. The lowest BCUT2D eigenvalue weighted by atomic mass is 10.0. The van der Waals surface area contributed by atoms with Gasteiger partial charge in [-0.3, -0.25) is 9.36 Å². The van der Waals surface area contributed by atoms with E-state index >= 15 is 0 Å². The number of phosphoric ester groups is 1. The van der Waals surface area contributed by atoms with E-state index in [0.29, 0.717) is 30.3 Å². The van der Waals surface area contributed by atoms with Gasteiger partial charge in [0.2, 0.25) is 5.91 Å². The van der Waals surface area contributed by atoms with Crippen molar-refractivity contribution in [2.45, 2.75) is 193 Å². The number of allylic oxidation sites excluding steroid dienone is 4. The van der Waals surface area contributed by atoms with Crippen LogP contribution in [0.1, 0.15) is 174 Å². The molecule has 0 heterocycles. The first-order chi connectivity index (χ1) is 24.4. The molecule has 0 aromatic rings. The molecular weight excluding hydrogens is 663 g/mol. The van der Waals surface area contributed by atoms with E-state index < -0.39 is 32.7 Å². The van der Waals surface area contributed by atoms with Gasteiger partial charge in [0, 0.05) is 6.42 Å². The molecular formula is C41H81N2O7P. The molecule has 0 spiro atoms. The lowest BCUT2D eigenvalue weighted by molar-refractivity contribution is -0.870. The molecule has 0 aromatic carbocycles. The number of nitrogens with one attached hydrogen (secondary N) is 1. The summed E-state index contributed by atoms with van der Waals surface area (Å²) in [5, 5.41) is 24.5. The Balaban J connectivity index is 4.61. The summed E-state index contributed by atoms with van der Waals surface area (Å²) in [7, 11) is 1.10. The maximum absolute atomic E-state index is 12.8. The maximum Gasteiger partial charge on any atom is 0.268 e. The van der Waals surface area contributed by atoms with Gasteiger partial charge in [0.15, 0.2) is 0 Å². The van der Waals surface area contributed by atoms with Crippen LogP contribution in [0.3, 0.4) is 0 Å². The Morgan fingerprint density at radius 3 is 1.59 bits per heavy atom. The smallest absolute Gasteiger partial charge is 0.268 e. The van der Waals surface area contributed by atoms with Gasteiger partial charge in [0.05, 0.1) is 39.9 Å². The second-order valence-corrected chi connectivity index (χ2v) is 16.9. The average molecular weight is 745 g/mol. The molecule has 4 atom stereocenters. The number of unbranched alkanes of at least 4 members (excludes halogenated alkanes) is 19. The standard InChI is InChI=1S/C41H81N2O7P/c1-6-8-10-12-14-16-18-20-21-22-24-26-28-30-32-34-40(45)42-38(37-50-51(47,48)49-36-35-43(3,4)5)41(46)39(44)33-31-29-27-25-23-19-17-15-13-11-9-7-2/h20-21,25,27,38-39,41,44,46H,6-19,22-24,26,28-37H2,1-5H3,(H-,42,45,47,48)/b21-20-,27-25+. The third kappa shape index (κ3) is 34.5. The number of likely N-dealkylation sites (N-methyl/N-ethyl adjacent to an activating group) is 1. The van der Waals surface area contributed by atoms with Gasteiger partial charge in [-0.15, -0.1) is 0 Å². The van der Waals surface area contributed by atoms with Crippen LogP contribution in [0.4, 0.5) is 0 Å². The van der Waals surface area contributed by atoms with E-state index in [-0.39, 0.29) is 18.9 Å². The van der Waals surface area contributed by atoms with Crippen LogP contribution in [0.25, 0.3) is 0 Å². The fraction of sp³-hybridized carbons (Fsp3) is 0.878. The largest absolute Gasteiger partial charge is 0.756 e. The van der Waals surface area contributed by atoms with E-state index in [1.807, 2.05) is 21.1 Å². The van der Waals surface area contributed by atoms with Crippen molar-refractivity contribution in [3.63, 3.8) is 0 Å². The van der Waals surface area contributed by atoms with Gasteiger partial charge in [-0.05, 0) is 64.2 Å². The third-order valence-electron chi connectivity index (χ3n) is 9.25. The molecule has 4 unspecified atom stereocenters. The van der Waals surface area contributed by atoms with Gasteiger partial charge < -0.3 is 34.0 Å². The Labute approximate surface area is 314 Å². The molecule has 3 N–H and O–H groups in total. The molecule has 1 amide bonds. The zero-order chi connectivity index (χ0) is 38.1. The van der Waals surface area contributed by atoms with Crippen molar-refractivity contribution in [2.24, 2.45) is 0 Å². The first kappa shape index (κ1) is 49.9. The molecule has 0 saturated heterocycles. The van der Waals surface area contributed by atoms with Crippen LogP contribution in [0.15, 0.2) is 24.3 Å². The monoisotopic (exact) mass is 745 g/mol. The summed E-state index contributed by atoms with van der Waals surface area (Å²) in [6, 6.07) is -1.09. The van der Waals surface area contributed by atoms with E-state index in [2.05, 4.69) is 43.5 Å². The summed E-state index contributed by atoms with van der Waals surface area (Å²) in [5.74, 6) is -0.299. The molecule has 0 aliphatic rings. The first-order valence-electron chi connectivity index (χ1n) is 20.8. The van der Waals surface area contributed by atoms with Gasteiger partial charge in [0.25, 0.3) is 7.82 Å². The Kier molecular flexibility index (Phi) is 32.8. The Morgan fingerprint density at radius 2 is 1.12 bits per heavy atom. The van der Waals surface area contributed by atoms with Crippen LogP contribution in [-0.4, -0.2) is 79.8 Å². The number of phosphoric acid groups is 1. The SMILES string of the molecule is CCCCCCCC/C=C\CCCCCCCC(=O)NC(COP(=O)([O-])OCC[N+](C)(C)C)C(O)C(O)CCC/C=C/CCCCCCCCC. The minimum Gasteiger partial charge on any atom is -0.756 e. The van der Waals surface area contributed by atoms with E-state index in [9.17, 15) is 24.5 Å². The summed E-state index contributed by atoms with van der Waals surface area (Å²) in [6.07, 6.45) is 33.6. The summed E-state index contributed by atoms with van der Waals surface area (Å²) < 4.78 is 23.1. The van der Waals surface area contributed by atoms with Crippen molar-refractivity contribution in [3.05, 3.63) is 24.3 Å². The van der Waals surface area contributed by atoms with Crippen LogP contribution >= 0.6 is 7.82 Å². The highest BCUT2D eigenvalue weighted by Crippen LogP contribution is 2.38. The van der Waals surface area contributed by atoms with E-state index in [4.69, 9.17) is 9.05 Å². The van der Waals surface area contributed by atoms with Crippen LogP contribution in [0, 0.1) is 0 Å². The number of aliphatic hydroxyl groups is 2. The van der Waals surface area contributed by atoms with Crippen molar-refractivity contribution < 1.29 is 38.0 Å². The number of aliphatic hydroxyl groups excluding tert-OH is 2. The van der Waals surface area contributed by atoms with Crippen LogP contribution < -0.4 is 10.2 Å². The van der Waals surface area contributed by atoms with Crippen LogP contribution in [0.2, 0.25) is 0 Å². The van der Waals surface area contributed by atoms with E-state index in [1.54, 1.807) is 0 Å². The number of amides is 1. The van der Waals surface area contributed by atoms with Crippen LogP contribution in [-0.2, 0) is 18.4 Å². The molecule has 0 saturated carbocycles. The van der Waals surface area contributed by atoms with Gasteiger partial charge in [-0.1, -0.05) is 128 Å². The second kappa shape index (κ2) is 33.5. The zero-order valence-corrected chi connectivity index (χ0v) is 34.6. The maximum atomic E-state index is 12.8. The van der Waals surface area contributed by atoms with Crippen molar-refractivity contribution in [2.75, 3.05) is 40.9 Å². The summed E-state index contributed by atoms with van der Waals surface area (Å²) in [4.78, 5) is 25.3. The highest BCUT2D eigenvalue weighted by atomic mass is 31.2. The quantitative estimate of drug-likeness (QED) is 0.0250. The predicted molar refractivity (Wildman–Crippen MR) is 211 cm³/mol. The highest BCUT2D eigenvalue weighted by molar-refractivity contribution is 7.45. The summed E-state index contributed by atoms with van der Waals surface area (Å²) in [5.41, 5.74) is 0. The number of carbonyl (C=O) groups is 1. The molecule has 51 heavy (non-hydrogen) atoms. The molecule has 0 aliphatic heterocycles. The number of rotatable bonds is 37. The molecule has 0 rings (SSSR count). The van der Waals surface area contributed by atoms with Gasteiger partial charge in [-0.2, -0.15) is 0 Å². The van der Waals surface area contributed by atoms with Gasteiger partial charge in [-0.25, -0.2) is 0 Å². The minimum absolute atomic E-state index is 0.0472. The van der Waals surface area contributed by atoms with E-state index in [0.717, 1.165) is 44.9 Å². The normalized spacial score (nSPS) is 15.4. The Hall–Kier alpha value is -1.06. The Bertz CT molecular complexity index is 909. The molecule has 9 nitrogen and oxygen atoms in total. The van der Waals surface area contributed by atoms with Gasteiger partial charge >= 0.3 is 0 Å². The number of quaternary nitrogens is 1. The summed E-state index contributed by atoms with van der Waals surface area (Å²) >= 11 is 0. The van der Waals surface area contributed by atoms with Crippen LogP contribution in [0.5, 0.6) is 0 Å². The molecule has 0 radical (unpaired) electrons. The number of nitrogens with zero attached hydrogens (tertiary/aromatic N) is 1. The Morgan fingerprint density at radius 1 is 0.686 bits per heavy atom. The minimum atomic E-state index is -4.67. The topological polar surface area (TPSA) is 128 Å². The van der Waals surface area contributed by atoms with Crippen molar-refractivity contribution >= 4 is 13.7 Å². The molecule has 10 heteroatoms. The number of carbonyl (C=O) groups excluding carboxylic acids is 1. The predicted octanol–water partition coefficient (Wildman–Crippen LogP) is 9.31. The average Bonchev–Trinajstić information content (AvgIpc) is 3.07. The fourth-order valence-electron chi connectivity index (χ4n) is 5.83. The molecule has 0 aromatic heterocycles. The number of hydrogen-bond donors (Lipinski definition) is 3. The lowest BCUT2D eigenvalue weighted by Crippen LogP contribution is -2.51. The molecule has 0 aliphatic carbocycles. The molecule has 302 valence electrons. The molecule has 0 fully saturated rings. The second-order valence-electron chi connectivity index (χ2n) is 15.5. The lowest BCUT2D eigenvalue weighted by Gasteiger charge is -2.31. The van der Waals surface area contributed by atoms with E-state index in [1.165, 1.54) is 89.9 Å². The number of hydrogen-bond acceptors (Lipinski definition) is 7. The first-order valence-corrected chi connectivity index (χ1v) is 22.2. The van der Waals surface area contributed by atoms with Crippen molar-refractivity contribution in [1.29, 1.82) is 0 Å². The summed E-state index contributed by atoms with van der Waals surface area (Å²) in [6.45, 7) is 4.38. The third-order valence-corrected chi connectivity index (χ3v) is 10.2. The zero-order valence-electron chi connectivity index (χ0n) is 33.7. The highest BCUT2D eigenvalue weighted by Gasteiger charge is 2.29. The molecule has 0 bridgehead atoms. The van der Waals surface area contributed by atoms with Crippen molar-refractivity contribution in [3.8, 4) is 0 Å². The van der Waals surface area contributed by atoms with Gasteiger partial charge in [0.1, 0.15) is 19.3 Å².